The maximum atomic E-state index is 13.1. The molecule has 29 heavy (non-hydrogen) atoms. The molecule has 1 aliphatic heterocycles. The molecule has 1 saturated carbocycles. The van der Waals surface area contributed by atoms with Crippen LogP contribution in [0.4, 0.5) is 18.0 Å². The summed E-state index contributed by atoms with van der Waals surface area (Å²) >= 11 is 0. The zero-order valence-electron chi connectivity index (χ0n) is 15.5. The average Bonchev–Trinajstić information content (AvgIpc) is 3.20. The number of halogens is 3. The van der Waals surface area contributed by atoms with E-state index in [9.17, 15) is 23.1 Å². The van der Waals surface area contributed by atoms with Crippen molar-refractivity contribution in [3.63, 3.8) is 0 Å². The highest BCUT2D eigenvalue weighted by Gasteiger charge is 2.71. The first-order valence-corrected chi connectivity index (χ1v) is 9.72. The Bertz CT molecular complexity index is 930. The highest BCUT2D eigenvalue weighted by atomic mass is 19.4. The number of hydrogen-bond acceptors (Lipinski definition) is 3. The summed E-state index contributed by atoms with van der Waals surface area (Å²) in [4.78, 5) is 14.0. The van der Waals surface area contributed by atoms with Gasteiger partial charge in [0, 0.05) is 30.8 Å². The molecule has 5 rings (SSSR count). The molecule has 1 amide bonds. The maximum absolute atomic E-state index is 13.1. The summed E-state index contributed by atoms with van der Waals surface area (Å²) < 4.78 is 44.9. The Kier molecular flexibility index (Phi) is 3.97. The van der Waals surface area contributed by atoms with Crippen LogP contribution in [0.15, 0.2) is 48.5 Å². The number of rotatable bonds is 2. The molecule has 3 atom stereocenters. The molecule has 1 N–H and O–H groups in total. The number of benzene rings is 2. The lowest BCUT2D eigenvalue weighted by Crippen LogP contribution is -2.66. The number of aliphatic hydroxyl groups is 1. The predicted octanol–water partition coefficient (Wildman–Crippen LogP) is 4.32. The van der Waals surface area contributed by atoms with E-state index in [1.807, 2.05) is 48.5 Å². The molecule has 4 nitrogen and oxygen atoms in total. The summed E-state index contributed by atoms with van der Waals surface area (Å²) in [5.74, 6) is -1.07. The quantitative estimate of drug-likeness (QED) is 0.813. The maximum Gasteiger partial charge on any atom is 0.417 e. The summed E-state index contributed by atoms with van der Waals surface area (Å²) in [6.45, 7) is 0.300. The minimum absolute atomic E-state index is 0.0988. The van der Waals surface area contributed by atoms with Crippen LogP contribution >= 0.6 is 0 Å². The fraction of sp³-hybridized carbons (Fsp3) is 0.409. The molecule has 7 heteroatoms. The SMILES string of the molecule is O=C(OCC1c2ccccc2-c2ccccc21)N1CC[C@H]2[C@@H]1C[C@]2(O)C(F)(F)F. The van der Waals surface area contributed by atoms with Gasteiger partial charge < -0.3 is 14.7 Å². The van der Waals surface area contributed by atoms with Crippen LogP contribution in [0.3, 0.4) is 0 Å². The van der Waals surface area contributed by atoms with Gasteiger partial charge in [0.25, 0.3) is 0 Å². The Morgan fingerprint density at radius 2 is 1.69 bits per heavy atom. The summed E-state index contributed by atoms with van der Waals surface area (Å²) in [7, 11) is 0. The molecule has 0 radical (unpaired) electrons. The number of ether oxygens (including phenoxy) is 1. The average molecular weight is 403 g/mol. The van der Waals surface area contributed by atoms with Gasteiger partial charge >= 0.3 is 12.3 Å². The number of amides is 1. The molecule has 2 aliphatic carbocycles. The van der Waals surface area contributed by atoms with Gasteiger partial charge in [-0.3, -0.25) is 0 Å². The zero-order chi connectivity index (χ0) is 20.4. The molecule has 1 heterocycles. The fourth-order valence-corrected chi connectivity index (χ4v) is 5.20. The van der Waals surface area contributed by atoms with E-state index in [-0.39, 0.29) is 25.5 Å². The normalized spacial score (nSPS) is 27.8. The molecule has 2 fully saturated rings. The molecule has 0 aromatic heterocycles. The third kappa shape index (κ3) is 2.60. The van der Waals surface area contributed by atoms with E-state index >= 15 is 0 Å². The van der Waals surface area contributed by atoms with Crippen molar-refractivity contribution in [1.29, 1.82) is 0 Å². The van der Waals surface area contributed by atoms with Gasteiger partial charge in [0.1, 0.15) is 6.61 Å². The van der Waals surface area contributed by atoms with Gasteiger partial charge in [0.15, 0.2) is 5.60 Å². The van der Waals surface area contributed by atoms with Crippen molar-refractivity contribution >= 4 is 6.09 Å². The number of nitrogens with zero attached hydrogens (tertiary/aromatic N) is 1. The van der Waals surface area contributed by atoms with Crippen molar-refractivity contribution in [2.24, 2.45) is 5.92 Å². The number of alkyl halides is 3. The first-order valence-electron chi connectivity index (χ1n) is 9.72. The molecular formula is C22H20F3NO3. The molecule has 152 valence electrons. The molecule has 3 aliphatic rings. The second-order valence-corrected chi connectivity index (χ2v) is 8.09. The first kappa shape index (κ1) is 18.5. The van der Waals surface area contributed by atoms with Gasteiger partial charge in [-0.25, -0.2) is 4.79 Å². The van der Waals surface area contributed by atoms with Crippen LogP contribution < -0.4 is 0 Å². The second kappa shape index (κ2) is 6.23. The third-order valence-electron chi connectivity index (χ3n) is 6.74. The number of likely N-dealkylation sites (tertiary alicyclic amines) is 1. The van der Waals surface area contributed by atoms with E-state index in [4.69, 9.17) is 4.74 Å². The summed E-state index contributed by atoms with van der Waals surface area (Å²) in [6.07, 6.45) is -5.63. The van der Waals surface area contributed by atoms with E-state index in [0.29, 0.717) is 0 Å². The minimum Gasteiger partial charge on any atom is -0.448 e. The number of carbonyl (C=O) groups excluding carboxylic acids is 1. The van der Waals surface area contributed by atoms with Crippen LogP contribution in [-0.2, 0) is 4.74 Å². The zero-order valence-corrected chi connectivity index (χ0v) is 15.5. The Hall–Kier alpha value is -2.54. The van der Waals surface area contributed by atoms with Crippen LogP contribution in [0.1, 0.15) is 29.9 Å². The van der Waals surface area contributed by atoms with Crippen molar-refractivity contribution in [3.8, 4) is 11.1 Å². The van der Waals surface area contributed by atoms with Crippen molar-refractivity contribution in [1.82, 2.24) is 4.90 Å². The van der Waals surface area contributed by atoms with Crippen LogP contribution in [0.2, 0.25) is 0 Å². The van der Waals surface area contributed by atoms with Gasteiger partial charge in [0.2, 0.25) is 0 Å². The summed E-state index contributed by atoms with van der Waals surface area (Å²) in [6, 6.07) is 15.3. The van der Waals surface area contributed by atoms with Gasteiger partial charge in [0.05, 0.1) is 0 Å². The molecule has 0 bridgehead atoms. The highest BCUT2D eigenvalue weighted by Crippen LogP contribution is 2.55. The highest BCUT2D eigenvalue weighted by molar-refractivity contribution is 5.79. The largest absolute Gasteiger partial charge is 0.448 e. The van der Waals surface area contributed by atoms with E-state index in [1.54, 1.807) is 0 Å². The molecule has 0 unspecified atom stereocenters. The van der Waals surface area contributed by atoms with E-state index in [1.165, 1.54) is 4.90 Å². The second-order valence-electron chi connectivity index (χ2n) is 8.09. The van der Waals surface area contributed by atoms with Crippen LogP contribution in [0.5, 0.6) is 0 Å². The number of hydrogen-bond donors (Lipinski definition) is 1. The Morgan fingerprint density at radius 1 is 1.10 bits per heavy atom. The van der Waals surface area contributed by atoms with Crippen LogP contribution in [-0.4, -0.2) is 47.1 Å². The Morgan fingerprint density at radius 3 is 2.28 bits per heavy atom. The monoisotopic (exact) mass is 403 g/mol. The van der Waals surface area contributed by atoms with Crippen LogP contribution in [0, 0.1) is 5.92 Å². The van der Waals surface area contributed by atoms with Gasteiger partial charge in [-0.1, -0.05) is 48.5 Å². The van der Waals surface area contributed by atoms with Gasteiger partial charge in [-0.15, -0.1) is 0 Å². The van der Waals surface area contributed by atoms with Crippen molar-refractivity contribution in [2.45, 2.75) is 36.6 Å². The number of carbonyl (C=O) groups is 1. The summed E-state index contributed by atoms with van der Waals surface area (Å²) in [5.41, 5.74) is 1.70. The smallest absolute Gasteiger partial charge is 0.417 e. The van der Waals surface area contributed by atoms with Gasteiger partial charge in [-0.2, -0.15) is 13.2 Å². The third-order valence-corrected chi connectivity index (χ3v) is 6.74. The first-order chi connectivity index (χ1) is 13.8. The molecule has 2 aromatic carbocycles. The van der Waals surface area contributed by atoms with Crippen LogP contribution in [0.25, 0.3) is 11.1 Å². The van der Waals surface area contributed by atoms with Crippen molar-refractivity contribution in [2.75, 3.05) is 13.2 Å². The van der Waals surface area contributed by atoms with Crippen molar-refractivity contribution < 1.29 is 27.8 Å². The predicted molar refractivity (Wildman–Crippen MR) is 99.3 cm³/mol. The van der Waals surface area contributed by atoms with E-state index in [0.717, 1.165) is 22.3 Å². The van der Waals surface area contributed by atoms with E-state index in [2.05, 4.69) is 0 Å². The minimum atomic E-state index is -4.68. The lowest BCUT2D eigenvalue weighted by molar-refractivity contribution is -0.316. The topological polar surface area (TPSA) is 49.8 Å². The lowest BCUT2D eigenvalue weighted by atomic mass is 9.65. The molecule has 1 saturated heterocycles. The van der Waals surface area contributed by atoms with Crippen molar-refractivity contribution in [3.05, 3.63) is 59.7 Å². The lowest BCUT2D eigenvalue weighted by Gasteiger charge is -2.50. The molecule has 0 spiro atoms. The Balaban J connectivity index is 1.29. The van der Waals surface area contributed by atoms with E-state index < -0.39 is 36.3 Å². The fourth-order valence-electron chi connectivity index (χ4n) is 5.20. The summed E-state index contributed by atoms with van der Waals surface area (Å²) in [5, 5.41) is 9.93. The molecule has 2 aromatic rings. The Labute approximate surface area is 165 Å². The van der Waals surface area contributed by atoms with Gasteiger partial charge in [-0.05, 0) is 28.7 Å². The molecular weight excluding hydrogens is 383 g/mol. The standard InChI is InChI=1S/C22H20F3NO3/c23-22(24,25)21(28)11-19-18(21)9-10-26(19)20(27)29-12-17-15-7-3-1-5-13(15)14-6-2-4-8-16(14)17/h1-8,17-19,28H,9-12H2/t18-,19-,21+/m0/s1. The number of fused-ring (bicyclic) bond motifs is 4.